The topological polar surface area (TPSA) is 105 Å². The molecule has 3 aromatic rings. The van der Waals surface area contributed by atoms with Crippen LogP contribution >= 0.6 is 0 Å². The van der Waals surface area contributed by atoms with Gasteiger partial charge in [0.25, 0.3) is 5.91 Å². The maximum absolute atomic E-state index is 15.5. The average molecular weight is 479 g/mol. The Morgan fingerprint density at radius 2 is 1.97 bits per heavy atom. The number of aryl methyl sites for hydroxylation is 1. The van der Waals surface area contributed by atoms with Crippen LogP contribution in [0.1, 0.15) is 66.9 Å². The maximum Gasteiger partial charge on any atom is 0.270 e. The first kappa shape index (κ1) is 22.2. The molecule has 2 amide bonds. The molecular formula is C26H31FN6O2. The van der Waals surface area contributed by atoms with E-state index in [-0.39, 0.29) is 41.0 Å². The summed E-state index contributed by atoms with van der Waals surface area (Å²) in [4.78, 5) is 33.3. The Morgan fingerprint density at radius 3 is 2.63 bits per heavy atom. The van der Waals surface area contributed by atoms with E-state index in [4.69, 9.17) is 4.98 Å². The number of rotatable bonds is 9. The molecule has 3 N–H and O–H groups in total. The van der Waals surface area contributed by atoms with Gasteiger partial charge in [0.1, 0.15) is 17.0 Å². The molecule has 2 atom stereocenters. The van der Waals surface area contributed by atoms with E-state index in [0.717, 1.165) is 32.1 Å². The zero-order valence-electron chi connectivity index (χ0n) is 19.9. The molecule has 35 heavy (non-hydrogen) atoms. The van der Waals surface area contributed by atoms with Crippen molar-refractivity contribution in [2.75, 3.05) is 6.54 Å². The molecule has 1 saturated heterocycles. The number of fused-ring (bicyclic) bond motifs is 1. The summed E-state index contributed by atoms with van der Waals surface area (Å²) in [5.74, 6) is 1.21. The van der Waals surface area contributed by atoms with Crippen molar-refractivity contribution >= 4 is 22.8 Å². The lowest BCUT2D eigenvalue weighted by atomic mass is 9.88. The molecule has 2 aliphatic carbocycles. The number of nitrogens with one attached hydrogen (secondary N) is 3. The largest absolute Gasteiger partial charge is 0.356 e. The lowest BCUT2D eigenvalue weighted by Gasteiger charge is -2.27. The van der Waals surface area contributed by atoms with Gasteiger partial charge in [0.15, 0.2) is 5.82 Å². The predicted octanol–water partition coefficient (Wildman–Crippen LogP) is 3.50. The van der Waals surface area contributed by atoms with Crippen LogP contribution in [0.2, 0.25) is 0 Å². The van der Waals surface area contributed by atoms with Crippen LogP contribution in [0.3, 0.4) is 0 Å². The van der Waals surface area contributed by atoms with E-state index in [1.807, 2.05) is 13.0 Å². The van der Waals surface area contributed by atoms with Gasteiger partial charge in [0.2, 0.25) is 5.91 Å². The second-order valence-electron chi connectivity index (χ2n) is 10.3. The molecule has 2 aromatic heterocycles. The molecule has 1 aromatic carbocycles. The Morgan fingerprint density at radius 1 is 1.20 bits per heavy atom. The monoisotopic (exact) mass is 478 g/mol. The number of halogens is 1. The van der Waals surface area contributed by atoms with Gasteiger partial charge in [-0.15, -0.1) is 0 Å². The quantitative estimate of drug-likeness (QED) is 0.438. The SMILES string of the molecule is CCn1nccc1C(=O)NC(c1nc2c(F)c(CC3CCNC3=O)ccc2[nH]1)C(C1CC1)C1CC1. The lowest BCUT2D eigenvalue weighted by Crippen LogP contribution is -2.37. The van der Waals surface area contributed by atoms with Crippen LogP contribution in [-0.2, 0) is 17.8 Å². The molecule has 1 aliphatic heterocycles. The first-order valence-corrected chi connectivity index (χ1v) is 12.8. The van der Waals surface area contributed by atoms with Crippen LogP contribution in [0.25, 0.3) is 11.0 Å². The van der Waals surface area contributed by atoms with Gasteiger partial charge >= 0.3 is 0 Å². The standard InChI is InChI=1S/C26H31FN6O2/c1-2-33-19(10-12-29-33)26(35)32-23(20(14-3-4-14)15-5-6-15)24-30-18-8-7-16(21(27)22(18)31-24)13-17-9-11-28-25(17)34/h7-8,10,12,14-15,17,20,23H,2-6,9,11,13H2,1H3,(H,28,34)(H,30,31)(H,32,35). The number of hydrogen-bond acceptors (Lipinski definition) is 4. The van der Waals surface area contributed by atoms with Crippen molar-refractivity contribution in [2.45, 2.75) is 58.0 Å². The van der Waals surface area contributed by atoms with Gasteiger partial charge in [0.05, 0.1) is 11.6 Å². The van der Waals surface area contributed by atoms with Crippen LogP contribution in [0.4, 0.5) is 4.39 Å². The number of benzene rings is 1. The number of hydrogen-bond donors (Lipinski definition) is 3. The van der Waals surface area contributed by atoms with Gasteiger partial charge in [0, 0.05) is 25.2 Å². The van der Waals surface area contributed by atoms with Crippen molar-refractivity contribution in [3.05, 3.63) is 47.3 Å². The minimum atomic E-state index is -0.381. The maximum atomic E-state index is 15.5. The molecule has 2 unspecified atom stereocenters. The van der Waals surface area contributed by atoms with E-state index in [0.29, 0.717) is 53.9 Å². The lowest BCUT2D eigenvalue weighted by molar-refractivity contribution is -0.122. The molecule has 0 bridgehead atoms. The molecule has 0 radical (unpaired) electrons. The van der Waals surface area contributed by atoms with Crippen molar-refractivity contribution in [1.82, 2.24) is 30.4 Å². The highest BCUT2D eigenvalue weighted by Gasteiger charge is 2.47. The van der Waals surface area contributed by atoms with Crippen molar-refractivity contribution in [3.63, 3.8) is 0 Å². The number of imidazole rings is 1. The summed E-state index contributed by atoms with van der Waals surface area (Å²) in [6.07, 6.45) is 7.34. The summed E-state index contributed by atoms with van der Waals surface area (Å²) in [5.41, 5.74) is 1.91. The second kappa shape index (κ2) is 8.77. The van der Waals surface area contributed by atoms with Crippen LogP contribution in [0.5, 0.6) is 0 Å². The van der Waals surface area contributed by atoms with Gasteiger partial charge < -0.3 is 15.6 Å². The number of aromatic nitrogens is 4. The molecule has 0 spiro atoms. The average Bonchev–Trinajstić information content (AvgIpc) is 3.73. The van der Waals surface area contributed by atoms with E-state index >= 15 is 4.39 Å². The Bertz CT molecular complexity index is 1260. The van der Waals surface area contributed by atoms with E-state index in [9.17, 15) is 9.59 Å². The molecule has 6 rings (SSSR count). The highest BCUT2D eigenvalue weighted by molar-refractivity contribution is 5.92. The number of carbonyl (C=O) groups excluding carboxylic acids is 2. The third-order valence-corrected chi connectivity index (χ3v) is 7.87. The Balaban J connectivity index is 1.34. The van der Waals surface area contributed by atoms with Gasteiger partial charge in [-0.25, -0.2) is 9.37 Å². The fourth-order valence-corrected chi connectivity index (χ4v) is 5.74. The van der Waals surface area contributed by atoms with E-state index in [1.165, 1.54) is 0 Å². The molecule has 2 saturated carbocycles. The summed E-state index contributed by atoms with van der Waals surface area (Å²) >= 11 is 0. The second-order valence-corrected chi connectivity index (χ2v) is 10.3. The first-order chi connectivity index (χ1) is 17.0. The predicted molar refractivity (Wildman–Crippen MR) is 128 cm³/mol. The fourth-order valence-electron chi connectivity index (χ4n) is 5.74. The molecular weight excluding hydrogens is 447 g/mol. The van der Waals surface area contributed by atoms with Crippen LogP contribution < -0.4 is 10.6 Å². The molecule has 3 fully saturated rings. The third-order valence-electron chi connectivity index (χ3n) is 7.87. The Hall–Kier alpha value is -3.23. The number of carbonyl (C=O) groups is 2. The van der Waals surface area contributed by atoms with Crippen LogP contribution in [0, 0.1) is 29.5 Å². The molecule has 3 heterocycles. The number of nitrogens with zero attached hydrogens (tertiary/aromatic N) is 3. The summed E-state index contributed by atoms with van der Waals surface area (Å²) in [7, 11) is 0. The third kappa shape index (κ3) is 4.21. The van der Waals surface area contributed by atoms with Gasteiger partial charge in [-0.1, -0.05) is 6.07 Å². The van der Waals surface area contributed by atoms with Crippen molar-refractivity contribution in [2.24, 2.45) is 23.7 Å². The fraction of sp³-hybridized carbons (Fsp3) is 0.538. The summed E-state index contributed by atoms with van der Waals surface area (Å²) < 4.78 is 17.2. The van der Waals surface area contributed by atoms with Crippen LogP contribution in [-0.4, -0.2) is 38.1 Å². The Kier molecular flexibility index (Phi) is 5.57. The van der Waals surface area contributed by atoms with Crippen LogP contribution in [0.15, 0.2) is 24.4 Å². The highest BCUT2D eigenvalue weighted by atomic mass is 19.1. The summed E-state index contributed by atoms with van der Waals surface area (Å²) in [5, 5.41) is 10.3. The first-order valence-electron chi connectivity index (χ1n) is 12.8. The Labute approximate surface area is 203 Å². The number of amides is 2. The van der Waals surface area contributed by atoms with Crippen molar-refractivity contribution < 1.29 is 14.0 Å². The molecule has 3 aliphatic rings. The zero-order valence-corrected chi connectivity index (χ0v) is 19.9. The molecule has 184 valence electrons. The van der Waals surface area contributed by atoms with E-state index < -0.39 is 0 Å². The van der Waals surface area contributed by atoms with Gasteiger partial charge in [-0.2, -0.15) is 5.10 Å². The minimum Gasteiger partial charge on any atom is -0.356 e. The summed E-state index contributed by atoms with van der Waals surface area (Å²) in [6, 6.07) is 4.99. The number of aromatic amines is 1. The van der Waals surface area contributed by atoms with Gasteiger partial charge in [-0.05, 0) is 80.9 Å². The molecule has 8 nitrogen and oxygen atoms in total. The normalized spacial score (nSPS) is 21.0. The van der Waals surface area contributed by atoms with E-state index in [2.05, 4.69) is 20.7 Å². The smallest absolute Gasteiger partial charge is 0.270 e. The zero-order chi connectivity index (χ0) is 24.1. The molecule has 9 heteroatoms. The van der Waals surface area contributed by atoms with Crippen molar-refractivity contribution in [1.29, 1.82) is 0 Å². The summed E-state index contributed by atoms with van der Waals surface area (Å²) in [6.45, 7) is 3.20. The minimum absolute atomic E-state index is 0.0157. The van der Waals surface area contributed by atoms with Gasteiger partial charge in [-0.3, -0.25) is 14.3 Å². The van der Waals surface area contributed by atoms with E-state index in [1.54, 1.807) is 23.0 Å². The van der Waals surface area contributed by atoms with Crippen molar-refractivity contribution in [3.8, 4) is 0 Å². The number of H-pyrrole nitrogens is 1. The highest BCUT2D eigenvalue weighted by Crippen LogP contribution is 2.54.